The maximum atomic E-state index is 9.91. The molecule has 0 spiro atoms. The van der Waals surface area contributed by atoms with E-state index in [4.69, 9.17) is 9.90 Å². The van der Waals surface area contributed by atoms with Crippen LogP contribution < -0.4 is 0 Å². The van der Waals surface area contributed by atoms with E-state index in [1.807, 2.05) is 13.8 Å². The lowest BCUT2D eigenvalue weighted by molar-refractivity contribution is -0.134. The van der Waals surface area contributed by atoms with E-state index < -0.39 is 14.0 Å². The van der Waals surface area contributed by atoms with Gasteiger partial charge in [0.25, 0.3) is 5.97 Å². The van der Waals surface area contributed by atoms with E-state index in [-0.39, 0.29) is 0 Å². The van der Waals surface area contributed by atoms with E-state index in [1.54, 1.807) is 38.5 Å². The highest BCUT2D eigenvalue weighted by Crippen LogP contribution is 2.67. The first kappa shape index (κ1) is 30.4. The molecular weight excluding hydrogens is 400 g/mol. The van der Waals surface area contributed by atoms with Gasteiger partial charge in [-0.1, -0.05) is 60.3 Å². The number of carbonyl (C=O) groups is 2. The van der Waals surface area contributed by atoms with Crippen LogP contribution in [0, 0.1) is 41.4 Å². The average molecular weight is 455 g/mol. The van der Waals surface area contributed by atoms with Crippen molar-refractivity contribution in [1.29, 1.82) is 0 Å². The van der Waals surface area contributed by atoms with Gasteiger partial charge < -0.3 is 9.90 Å². The molecule has 0 amide bonds. The monoisotopic (exact) mass is 454 g/mol. The van der Waals surface area contributed by atoms with Crippen LogP contribution >= 0.6 is 0 Å². The number of carbonyl (C=O) groups excluding carboxylic acids is 1. The van der Waals surface area contributed by atoms with Crippen molar-refractivity contribution >= 4 is 20.3 Å². The molecule has 1 N–H and O–H groups in total. The lowest BCUT2D eigenvalue weighted by Gasteiger charge is -2.34. The Balaban J connectivity index is 0.000000423. The predicted molar refractivity (Wildman–Crippen MR) is 137 cm³/mol. The molecular formula is C27H54O3Si. The van der Waals surface area contributed by atoms with Crippen LogP contribution in [0.1, 0.15) is 92.9 Å². The standard InChI is InChI=1S/C12H18.C7H16OSi.C4H10.C2H4O2.C2H6/c1-2-8-5-7(1)11-9-3-4-10(6-9)12(8)11;1-9(2,3)7-5-4-6-8;1-4(2)3;1-2(3)4;1-2/h7-12H,1-6H2;6H,4-5,7H2,1-3H3;4H,1-3H3;1H3,(H,3,4);1-2H3. The number of fused-ring (bicyclic) bond motifs is 9. The summed E-state index contributed by atoms with van der Waals surface area (Å²) < 4.78 is 0. The number of aldehydes is 1. The molecule has 4 aliphatic rings. The Labute approximate surface area is 195 Å². The molecule has 4 aliphatic carbocycles. The molecule has 4 unspecified atom stereocenters. The van der Waals surface area contributed by atoms with E-state index in [0.717, 1.165) is 32.0 Å². The lowest BCUT2D eigenvalue weighted by Crippen LogP contribution is -2.27. The summed E-state index contributed by atoms with van der Waals surface area (Å²) in [6, 6.07) is 1.28. The molecule has 3 nitrogen and oxygen atoms in total. The van der Waals surface area contributed by atoms with Gasteiger partial charge in [0.05, 0.1) is 0 Å². The van der Waals surface area contributed by atoms with Crippen LogP contribution in [-0.2, 0) is 9.59 Å². The molecule has 0 saturated heterocycles. The highest BCUT2D eigenvalue weighted by atomic mass is 28.3. The smallest absolute Gasteiger partial charge is 0.300 e. The summed E-state index contributed by atoms with van der Waals surface area (Å²) in [4.78, 5) is 18.9. The average Bonchev–Trinajstić information content (AvgIpc) is 3.42. The maximum absolute atomic E-state index is 9.91. The first-order valence-corrected chi connectivity index (χ1v) is 16.8. The molecule has 0 aromatic heterocycles. The SMILES string of the molecule is C1CC2CC1C1C3CCC(C3)C21.CC.CC(=O)O.CC(C)C.C[Si](C)(C)CCCC=O. The van der Waals surface area contributed by atoms with Gasteiger partial charge in [0.15, 0.2) is 0 Å². The van der Waals surface area contributed by atoms with Gasteiger partial charge in [-0.05, 0) is 86.4 Å². The molecule has 31 heavy (non-hydrogen) atoms. The molecule has 4 heteroatoms. The van der Waals surface area contributed by atoms with Gasteiger partial charge in [0, 0.05) is 21.4 Å². The third kappa shape index (κ3) is 11.7. The minimum Gasteiger partial charge on any atom is -0.481 e. The van der Waals surface area contributed by atoms with Crippen LogP contribution in [-0.4, -0.2) is 25.4 Å². The Kier molecular flexibility index (Phi) is 14.9. The van der Waals surface area contributed by atoms with Crippen molar-refractivity contribution in [3.63, 3.8) is 0 Å². The Morgan fingerprint density at radius 2 is 1.19 bits per heavy atom. The third-order valence-electron chi connectivity index (χ3n) is 6.90. The van der Waals surface area contributed by atoms with Crippen LogP contribution in [0.15, 0.2) is 0 Å². The highest BCUT2D eigenvalue weighted by molar-refractivity contribution is 6.76. The van der Waals surface area contributed by atoms with Crippen LogP contribution in [0.3, 0.4) is 0 Å². The number of carboxylic acids is 1. The van der Waals surface area contributed by atoms with Crippen molar-refractivity contribution in [2.45, 2.75) is 119 Å². The first-order valence-electron chi connectivity index (χ1n) is 13.1. The van der Waals surface area contributed by atoms with E-state index in [1.165, 1.54) is 41.6 Å². The molecule has 4 saturated carbocycles. The van der Waals surface area contributed by atoms with Gasteiger partial charge in [-0.3, -0.25) is 4.79 Å². The van der Waals surface area contributed by atoms with Gasteiger partial charge in [-0.15, -0.1) is 0 Å². The second-order valence-electron chi connectivity index (χ2n) is 11.7. The maximum Gasteiger partial charge on any atom is 0.300 e. The quantitative estimate of drug-likeness (QED) is 0.202. The van der Waals surface area contributed by atoms with Gasteiger partial charge in [0.1, 0.15) is 6.29 Å². The molecule has 4 fully saturated rings. The number of hydrogen-bond donors (Lipinski definition) is 1. The molecule has 4 rings (SSSR count). The van der Waals surface area contributed by atoms with E-state index in [2.05, 4.69) is 40.4 Å². The topological polar surface area (TPSA) is 54.4 Å². The van der Waals surface area contributed by atoms with Crippen LogP contribution in [0.2, 0.25) is 25.7 Å². The lowest BCUT2D eigenvalue weighted by atomic mass is 9.71. The summed E-state index contributed by atoms with van der Waals surface area (Å²) in [5.41, 5.74) is 0. The minimum atomic E-state index is -0.853. The fourth-order valence-electron chi connectivity index (χ4n) is 6.25. The summed E-state index contributed by atoms with van der Waals surface area (Å²) >= 11 is 0. The van der Waals surface area contributed by atoms with Gasteiger partial charge >= 0.3 is 0 Å². The van der Waals surface area contributed by atoms with Gasteiger partial charge in [0.2, 0.25) is 0 Å². The van der Waals surface area contributed by atoms with Crippen LogP contribution in [0.4, 0.5) is 0 Å². The molecule has 0 aromatic carbocycles. The number of carboxylic acid groups (broad SMARTS) is 1. The Bertz CT molecular complexity index is 446. The van der Waals surface area contributed by atoms with E-state index >= 15 is 0 Å². The zero-order valence-corrected chi connectivity index (χ0v) is 23.2. The third-order valence-corrected chi connectivity index (χ3v) is 8.75. The summed E-state index contributed by atoms with van der Waals surface area (Å²) in [5.74, 6) is 7.29. The normalized spacial score (nSPS) is 31.0. The summed E-state index contributed by atoms with van der Waals surface area (Å²) in [6.07, 6.45) is 12.6. The first-order chi connectivity index (χ1) is 14.5. The summed E-state index contributed by atoms with van der Waals surface area (Å²) in [7, 11) is -0.853. The van der Waals surface area contributed by atoms with Crippen molar-refractivity contribution in [3.8, 4) is 0 Å². The van der Waals surface area contributed by atoms with Crippen molar-refractivity contribution in [2.24, 2.45) is 41.4 Å². The molecule has 0 heterocycles. The molecule has 184 valence electrons. The predicted octanol–water partition coefficient (Wildman–Crippen LogP) is 8.16. The van der Waals surface area contributed by atoms with Crippen molar-refractivity contribution < 1.29 is 14.7 Å². The summed E-state index contributed by atoms with van der Waals surface area (Å²) in [6.45, 7) is 18.6. The highest BCUT2D eigenvalue weighted by Gasteiger charge is 2.59. The molecule has 4 bridgehead atoms. The minimum absolute atomic E-state index is 0.754. The number of rotatable bonds is 4. The molecule has 0 radical (unpaired) electrons. The molecule has 0 aromatic rings. The second-order valence-corrected chi connectivity index (χ2v) is 17.3. The van der Waals surface area contributed by atoms with Crippen molar-refractivity contribution in [1.82, 2.24) is 0 Å². The zero-order valence-electron chi connectivity index (χ0n) is 22.2. The fourth-order valence-corrected chi connectivity index (χ4v) is 7.51. The van der Waals surface area contributed by atoms with Crippen molar-refractivity contribution in [3.05, 3.63) is 0 Å². The second kappa shape index (κ2) is 15.2. The Morgan fingerprint density at radius 3 is 1.42 bits per heavy atom. The molecule has 0 aliphatic heterocycles. The number of hydrogen-bond acceptors (Lipinski definition) is 2. The zero-order chi connectivity index (χ0) is 24.2. The van der Waals surface area contributed by atoms with Gasteiger partial charge in [-0.2, -0.15) is 0 Å². The number of unbranched alkanes of at least 4 members (excludes halogenated alkanes) is 1. The fraction of sp³-hybridized carbons (Fsp3) is 0.926. The van der Waals surface area contributed by atoms with E-state index in [0.29, 0.717) is 0 Å². The largest absolute Gasteiger partial charge is 0.481 e. The van der Waals surface area contributed by atoms with Crippen LogP contribution in [0.25, 0.3) is 0 Å². The van der Waals surface area contributed by atoms with Gasteiger partial charge in [-0.25, -0.2) is 0 Å². The van der Waals surface area contributed by atoms with E-state index in [9.17, 15) is 4.79 Å². The van der Waals surface area contributed by atoms with Crippen LogP contribution in [0.5, 0.6) is 0 Å². The number of aliphatic carboxylic acids is 1. The Morgan fingerprint density at radius 1 is 0.903 bits per heavy atom. The summed E-state index contributed by atoms with van der Waals surface area (Å²) in [5, 5.41) is 7.42. The Hall–Kier alpha value is -0.643. The molecule has 4 atom stereocenters. The van der Waals surface area contributed by atoms with Crippen molar-refractivity contribution in [2.75, 3.05) is 0 Å².